The van der Waals surface area contributed by atoms with Crippen LogP contribution in [0.2, 0.25) is 0 Å². The molecule has 88 valence electrons. The fourth-order valence-corrected chi connectivity index (χ4v) is 1.91. The number of nitrogens with one attached hydrogen (secondary N) is 1. The lowest BCUT2D eigenvalue weighted by Gasteiger charge is -2.08. The van der Waals surface area contributed by atoms with Crippen LogP contribution in [0.15, 0.2) is 34.9 Å². The second-order valence-corrected chi connectivity index (χ2v) is 4.43. The highest BCUT2D eigenvalue weighted by molar-refractivity contribution is 9.10. The number of halogens is 2. The van der Waals surface area contributed by atoms with Crippen molar-refractivity contribution in [3.63, 3.8) is 0 Å². The molecule has 17 heavy (non-hydrogen) atoms. The normalized spacial score (nSPS) is 10.3. The van der Waals surface area contributed by atoms with Gasteiger partial charge in [-0.05, 0) is 47.1 Å². The SMILES string of the molecule is Cc1nccc(CNc2ccc(F)cc2Br)n1. The van der Waals surface area contributed by atoms with Crippen molar-refractivity contribution >= 4 is 21.6 Å². The lowest BCUT2D eigenvalue weighted by molar-refractivity contribution is 0.627. The van der Waals surface area contributed by atoms with Crippen LogP contribution < -0.4 is 5.32 Å². The average molecular weight is 296 g/mol. The Balaban J connectivity index is 2.07. The Morgan fingerprint density at radius 3 is 2.88 bits per heavy atom. The number of aromatic nitrogens is 2. The molecule has 2 aromatic rings. The fourth-order valence-electron chi connectivity index (χ4n) is 1.42. The molecular weight excluding hydrogens is 285 g/mol. The van der Waals surface area contributed by atoms with Gasteiger partial charge in [-0.1, -0.05) is 0 Å². The van der Waals surface area contributed by atoms with E-state index in [4.69, 9.17) is 0 Å². The summed E-state index contributed by atoms with van der Waals surface area (Å²) >= 11 is 3.30. The predicted octanol–water partition coefficient (Wildman–Crippen LogP) is 3.30. The molecule has 3 nitrogen and oxygen atoms in total. The maximum Gasteiger partial charge on any atom is 0.125 e. The molecule has 1 heterocycles. The summed E-state index contributed by atoms with van der Waals surface area (Å²) in [7, 11) is 0. The standard InChI is InChI=1S/C12H11BrFN3/c1-8-15-5-4-10(17-8)7-16-12-3-2-9(14)6-11(12)13/h2-6,16H,7H2,1H3. The number of hydrogen-bond acceptors (Lipinski definition) is 3. The van der Waals surface area contributed by atoms with Crippen LogP contribution in [0.1, 0.15) is 11.5 Å². The maximum absolute atomic E-state index is 12.9. The fraction of sp³-hybridized carbons (Fsp3) is 0.167. The van der Waals surface area contributed by atoms with Crippen LogP contribution in [0.5, 0.6) is 0 Å². The van der Waals surface area contributed by atoms with E-state index < -0.39 is 0 Å². The van der Waals surface area contributed by atoms with Crippen LogP contribution in [0.4, 0.5) is 10.1 Å². The molecule has 1 aromatic carbocycles. The Labute approximate surface area is 107 Å². The van der Waals surface area contributed by atoms with E-state index in [2.05, 4.69) is 31.2 Å². The second kappa shape index (κ2) is 5.23. The summed E-state index contributed by atoms with van der Waals surface area (Å²) in [6, 6.07) is 6.37. The molecule has 0 aliphatic carbocycles. The lowest BCUT2D eigenvalue weighted by Crippen LogP contribution is -2.03. The summed E-state index contributed by atoms with van der Waals surface area (Å²) in [5.41, 5.74) is 1.73. The van der Waals surface area contributed by atoms with E-state index in [0.29, 0.717) is 11.0 Å². The van der Waals surface area contributed by atoms with E-state index in [-0.39, 0.29) is 5.82 Å². The minimum absolute atomic E-state index is 0.264. The van der Waals surface area contributed by atoms with Gasteiger partial charge < -0.3 is 5.32 Å². The van der Waals surface area contributed by atoms with Gasteiger partial charge in [0.2, 0.25) is 0 Å². The van der Waals surface area contributed by atoms with Gasteiger partial charge in [0.15, 0.2) is 0 Å². The summed E-state index contributed by atoms with van der Waals surface area (Å²) in [5, 5.41) is 3.18. The monoisotopic (exact) mass is 295 g/mol. The van der Waals surface area contributed by atoms with Gasteiger partial charge in [0, 0.05) is 16.4 Å². The Hall–Kier alpha value is -1.49. The van der Waals surface area contributed by atoms with Crippen LogP contribution in [-0.4, -0.2) is 9.97 Å². The molecule has 0 spiro atoms. The van der Waals surface area contributed by atoms with Gasteiger partial charge in [-0.2, -0.15) is 0 Å². The molecule has 0 saturated heterocycles. The first kappa shape index (κ1) is 12.0. The molecule has 5 heteroatoms. The van der Waals surface area contributed by atoms with E-state index in [9.17, 15) is 4.39 Å². The molecule has 1 aromatic heterocycles. The second-order valence-electron chi connectivity index (χ2n) is 3.57. The largest absolute Gasteiger partial charge is 0.378 e. The third-order valence-corrected chi connectivity index (χ3v) is 2.88. The zero-order valence-corrected chi connectivity index (χ0v) is 10.8. The van der Waals surface area contributed by atoms with Crippen molar-refractivity contribution < 1.29 is 4.39 Å². The van der Waals surface area contributed by atoms with Gasteiger partial charge in [0.05, 0.1) is 12.2 Å². The first-order valence-corrected chi connectivity index (χ1v) is 5.92. The van der Waals surface area contributed by atoms with E-state index in [1.165, 1.54) is 12.1 Å². The maximum atomic E-state index is 12.9. The Kier molecular flexibility index (Phi) is 3.68. The lowest BCUT2D eigenvalue weighted by atomic mass is 10.3. The zero-order chi connectivity index (χ0) is 12.3. The van der Waals surface area contributed by atoms with Gasteiger partial charge in [-0.15, -0.1) is 0 Å². The van der Waals surface area contributed by atoms with Gasteiger partial charge in [-0.3, -0.25) is 0 Å². The van der Waals surface area contributed by atoms with Crippen molar-refractivity contribution in [1.82, 2.24) is 9.97 Å². The molecule has 0 aliphatic rings. The van der Waals surface area contributed by atoms with Crippen LogP contribution in [-0.2, 0) is 6.54 Å². The quantitative estimate of drug-likeness (QED) is 0.944. The van der Waals surface area contributed by atoms with Crippen molar-refractivity contribution in [2.45, 2.75) is 13.5 Å². The summed E-state index contributed by atoms with van der Waals surface area (Å²) in [5.74, 6) is 0.475. The van der Waals surface area contributed by atoms with E-state index in [1.807, 2.05) is 13.0 Å². The van der Waals surface area contributed by atoms with Gasteiger partial charge in [-0.25, -0.2) is 14.4 Å². The molecule has 0 aliphatic heterocycles. The van der Waals surface area contributed by atoms with Crippen molar-refractivity contribution in [3.05, 3.63) is 52.3 Å². The molecular formula is C12H11BrFN3. The molecule has 0 radical (unpaired) electrons. The highest BCUT2D eigenvalue weighted by Crippen LogP contribution is 2.23. The van der Waals surface area contributed by atoms with Gasteiger partial charge in [0.1, 0.15) is 11.6 Å². The average Bonchev–Trinajstić information content (AvgIpc) is 2.28. The molecule has 2 rings (SSSR count). The number of benzene rings is 1. The van der Waals surface area contributed by atoms with E-state index in [1.54, 1.807) is 12.3 Å². The predicted molar refractivity (Wildman–Crippen MR) is 68.2 cm³/mol. The Morgan fingerprint density at radius 1 is 1.35 bits per heavy atom. The third kappa shape index (κ3) is 3.23. The minimum Gasteiger partial charge on any atom is -0.378 e. The molecule has 0 bridgehead atoms. The molecule has 0 unspecified atom stereocenters. The summed E-state index contributed by atoms with van der Waals surface area (Å²) in [6.07, 6.45) is 1.72. The molecule has 0 fully saturated rings. The molecule has 1 N–H and O–H groups in total. The highest BCUT2D eigenvalue weighted by Gasteiger charge is 2.02. The van der Waals surface area contributed by atoms with Crippen molar-refractivity contribution in [1.29, 1.82) is 0 Å². The van der Waals surface area contributed by atoms with Gasteiger partial charge >= 0.3 is 0 Å². The minimum atomic E-state index is -0.264. The topological polar surface area (TPSA) is 37.8 Å². The Bertz CT molecular complexity index is 531. The number of hydrogen-bond donors (Lipinski definition) is 1. The Morgan fingerprint density at radius 2 is 2.18 bits per heavy atom. The van der Waals surface area contributed by atoms with Crippen molar-refractivity contribution in [2.75, 3.05) is 5.32 Å². The van der Waals surface area contributed by atoms with E-state index in [0.717, 1.165) is 17.2 Å². The molecule has 0 saturated carbocycles. The van der Waals surface area contributed by atoms with Crippen LogP contribution >= 0.6 is 15.9 Å². The number of aryl methyl sites for hydroxylation is 1. The first-order valence-electron chi connectivity index (χ1n) is 5.12. The van der Waals surface area contributed by atoms with Crippen LogP contribution in [0, 0.1) is 12.7 Å². The first-order chi connectivity index (χ1) is 8.15. The third-order valence-electron chi connectivity index (χ3n) is 2.22. The van der Waals surface area contributed by atoms with E-state index >= 15 is 0 Å². The molecule has 0 atom stereocenters. The number of rotatable bonds is 3. The van der Waals surface area contributed by atoms with Crippen LogP contribution in [0.25, 0.3) is 0 Å². The number of nitrogens with zero attached hydrogens (tertiary/aromatic N) is 2. The molecule has 0 amide bonds. The van der Waals surface area contributed by atoms with Crippen molar-refractivity contribution in [3.8, 4) is 0 Å². The zero-order valence-electron chi connectivity index (χ0n) is 9.24. The summed E-state index contributed by atoms with van der Waals surface area (Å²) in [6.45, 7) is 2.42. The number of anilines is 1. The van der Waals surface area contributed by atoms with Gasteiger partial charge in [0.25, 0.3) is 0 Å². The van der Waals surface area contributed by atoms with Crippen LogP contribution in [0.3, 0.4) is 0 Å². The summed E-state index contributed by atoms with van der Waals surface area (Å²) < 4.78 is 13.6. The smallest absolute Gasteiger partial charge is 0.125 e. The highest BCUT2D eigenvalue weighted by atomic mass is 79.9. The van der Waals surface area contributed by atoms with Crippen molar-refractivity contribution in [2.24, 2.45) is 0 Å². The summed E-state index contributed by atoms with van der Waals surface area (Å²) in [4.78, 5) is 8.30.